The Bertz CT molecular complexity index is 401. The molecule has 3 N–H and O–H groups in total. The Labute approximate surface area is 108 Å². The predicted octanol–water partition coefficient (Wildman–Crippen LogP) is 1.50. The van der Waals surface area contributed by atoms with Crippen molar-refractivity contribution >= 4 is 11.6 Å². The van der Waals surface area contributed by atoms with E-state index in [1.165, 1.54) is 0 Å². The molecule has 4 heteroatoms. The molecule has 2 rings (SSSR count). The lowest BCUT2D eigenvalue weighted by Crippen LogP contribution is -2.28. The summed E-state index contributed by atoms with van der Waals surface area (Å²) in [6.45, 7) is 1.54. The van der Waals surface area contributed by atoms with Gasteiger partial charge in [0.15, 0.2) is 0 Å². The van der Waals surface area contributed by atoms with Crippen molar-refractivity contribution in [3.63, 3.8) is 0 Å². The molecule has 0 saturated carbocycles. The maximum Gasteiger partial charge on any atom is 0.224 e. The quantitative estimate of drug-likeness (QED) is 0.776. The van der Waals surface area contributed by atoms with E-state index in [9.17, 15) is 4.79 Å². The summed E-state index contributed by atoms with van der Waals surface area (Å²) < 4.78 is 5.50. The Morgan fingerprint density at radius 1 is 1.44 bits per heavy atom. The second kappa shape index (κ2) is 6.40. The minimum absolute atomic E-state index is 0.0193. The normalized spacial score (nSPS) is 18.8. The highest BCUT2D eigenvalue weighted by Gasteiger charge is 2.15. The lowest BCUT2D eigenvalue weighted by atomic mass is 10.1. The molecule has 1 aliphatic rings. The van der Waals surface area contributed by atoms with E-state index in [1.54, 1.807) is 0 Å². The smallest absolute Gasteiger partial charge is 0.224 e. The lowest BCUT2D eigenvalue weighted by Gasteiger charge is -2.10. The number of anilines is 1. The third kappa shape index (κ3) is 3.74. The maximum atomic E-state index is 11.7. The van der Waals surface area contributed by atoms with Crippen molar-refractivity contribution in [2.45, 2.75) is 31.8 Å². The predicted molar refractivity (Wildman–Crippen MR) is 71.2 cm³/mol. The summed E-state index contributed by atoms with van der Waals surface area (Å²) in [4.78, 5) is 11.7. The van der Waals surface area contributed by atoms with Gasteiger partial charge in [0, 0.05) is 18.8 Å². The number of nitrogens with two attached hydrogens (primary N) is 1. The van der Waals surface area contributed by atoms with Gasteiger partial charge in [-0.05, 0) is 30.9 Å². The molecule has 1 aromatic carbocycles. The zero-order chi connectivity index (χ0) is 12.8. The summed E-state index contributed by atoms with van der Waals surface area (Å²) >= 11 is 0. The SMILES string of the molecule is Nc1ccccc1CC(=O)NCCC1CCCO1. The van der Waals surface area contributed by atoms with Crippen molar-refractivity contribution in [3.05, 3.63) is 29.8 Å². The number of amides is 1. The van der Waals surface area contributed by atoms with E-state index in [4.69, 9.17) is 10.5 Å². The van der Waals surface area contributed by atoms with Crippen LogP contribution in [0.1, 0.15) is 24.8 Å². The van der Waals surface area contributed by atoms with E-state index >= 15 is 0 Å². The highest BCUT2D eigenvalue weighted by atomic mass is 16.5. The molecule has 1 fully saturated rings. The van der Waals surface area contributed by atoms with Crippen LogP contribution in [0.25, 0.3) is 0 Å². The molecule has 1 atom stereocenters. The fourth-order valence-corrected chi connectivity index (χ4v) is 2.18. The monoisotopic (exact) mass is 248 g/mol. The van der Waals surface area contributed by atoms with Gasteiger partial charge in [0.05, 0.1) is 12.5 Å². The minimum atomic E-state index is 0.0193. The number of hydrogen-bond acceptors (Lipinski definition) is 3. The molecule has 0 spiro atoms. The van der Waals surface area contributed by atoms with E-state index in [2.05, 4.69) is 5.32 Å². The molecule has 4 nitrogen and oxygen atoms in total. The van der Waals surface area contributed by atoms with E-state index in [0.717, 1.165) is 31.4 Å². The Hall–Kier alpha value is -1.55. The lowest BCUT2D eigenvalue weighted by molar-refractivity contribution is -0.120. The van der Waals surface area contributed by atoms with Gasteiger partial charge in [0.2, 0.25) is 5.91 Å². The van der Waals surface area contributed by atoms with Crippen LogP contribution in [0.3, 0.4) is 0 Å². The first-order valence-corrected chi connectivity index (χ1v) is 6.47. The van der Waals surface area contributed by atoms with Gasteiger partial charge in [0.1, 0.15) is 0 Å². The molecular weight excluding hydrogens is 228 g/mol. The standard InChI is InChI=1S/C14H20N2O2/c15-13-6-2-1-4-11(13)10-14(17)16-8-7-12-5-3-9-18-12/h1-2,4,6,12H,3,5,7-10,15H2,(H,16,17). The fraction of sp³-hybridized carbons (Fsp3) is 0.500. The Kier molecular flexibility index (Phi) is 4.59. The Morgan fingerprint density at radius 3 is 3.00 bits per heavy atom. The Balaban J connectivity index is 1.70. The number of carbonyl (C=O) groups excluding carboxylic acids is 1. The first-order chi connectivity index (χ1) is 8.75. The van der Waals surface area contributed by atoms with E-state index < -0.39 is 0 Å². The molecule has 0 bridgehead atoms. The van der Waals surface area contributed by atoms with Gasteiger partial charge >= 0.3 is 0 Å². The number of benzene rings is 1. The molecule has 0 aliphatic carbocycles. The number of nitrogens with one attached hydrogen (secondary N) is 1. The third-order valence-electron chi connectivity index (χ3n) is 3.22. The number of rotatable bonds is 5. The van der Waals surface area contributed by atoms with Gasteiger partial charge in [-0.2, -0.15) is 0 Å². The van der Waals surface area contributed by atoms with Crippen LogP contribution in [-0.4, -0.2) is 25.2 Å². The second-order valence-electron chi connectivity index (χ2n) is 4.65. The molecule has 1 unspecified atom stereocenters. The minimum Gasteiger partial charge on any atom is -0.398 e. The molecule has 18 heavy (non-hydrogen) atoms. The summed E-state index contributed by atoms with van der Waals surface area (Å²) in [6.07, 6.45) is 3.82. The van der Waals surface area contributed by atoms with Crippen LogP contribution in [0.2, 0.25) is 0 Å². The number of carbonyl (C=O) groups is 1. The van der Waals surface area contributed by atoms with Crippen LogP contribution in [0.5, 0.6) is 0 Å². The molecule has 1 aliphatic heterocycles. The average Bonchev–Trinajstić information content (AvgIpc) is 2.85. The van der Waals surface area contributed by atoms with Crippen LogP contribution in [0, 0.1) is 0 Å². The largest absolute Gasteiger partial charge is 0.398 e. The maximum absolute atomic E-state index is 11.7. The van der Waals surface area contributed by atoms with Crippen molar-refractivity contribution in [2.24, 2.45) is 0 Å². The molecule has 98 valence electrons. The van der Waals surface area contributed by atoms with Crippen LogP contribution in [0.4, 0.5) is 5.69 Å². The van der Waals surface area contributed by atoms with Gasteiger partial charge in [-0.3, -0.25) is 4.79 Å². The summed E-state index contributed by atoms with van der Waals surface area (Å²) in [5.74, 6) is 0.0193. The highest BCUT2D eigenvalue weighted by Crippen LogP contribution is 2.14. The van der Waals surface area contributed by atoms with E-state index in [1.807, 2.05) is 24.3 Å². The molecule has 1 amide bonds. The molecule has 1 saturated heterocycles. The number of nitrogen functional groups attached to an aromatic ring is 1. The average molecular weight is 248 g/mol. The molecule has 0 aromatic heterocycles. The molecule has 0 radical (unpaired) electrons. The number of para-hydroxylation sites is 1. The van der Waals surface area contributed by atoms with Gasteiger partial charge < -0.3 is 15.8 Å². The Morgan fingerprint density at radius 2 is 2.28 bits per heavy atom. The summed E-state index contributed by atoms with van der Waals surface area (Å²) in [5, 5.41) is 2.91. The van der Waals surface area contributed by atoms with Gasteiger partial charge in [-0.1, -0.05) is 18.2 Å². The van der Waals surface area contributed by atoms with Crippen molar-refractivity contribution in [1.82, 2.24) is 5.32 Å². The van der Waals surface area contributed by atoms with Crippen LogP contribution < -0.4 is 11.1 Å². The fourth-order valence-electron chi connectivity index (χ4n) is 2.18. The number of hydrogen-bond donors (Lipinski definition) is 2. The molecular formula is C14H20N2O2. The second-order valence-corrected chi connectivity index (χ2v) is 4.65. The van der Waals surface area contributed by atoms with Crippen molar-refractivity contribution in [1.29, 1.82) is 0 Å². The zero-order valence-corrected chi connectivity index (χ0v) is 10.5. The van der Waals surface area contributed by atoms with Crippen LogP contribution in [0.15, 0.2) is 24.3 Å². The summed E-state index contributed by atoms with van der Waals surface area (Å²) in [7, 11) is 0. The van der Waals surface area contributed by atoms with Crippen molar-refractivity contribution in [2.75, 3.05) is 18.9 Å². The summed E-state index contributed by atoms with van der Waals surface area (Å²) in [6, 6.07) is 7.46. The van der Waals surface area contributed by atoms with E-state index in [-0.39, 0.29) is 5.91 Å². The summed E-state index contributed by atoms with van der Waals surface area (Å²) in [5.41, 5.74) is 7.35. The topological polar surface area (TPSA) is 64.4 Å². The first-order valence-electron chi connectivity index (χ1n) is 6.47. The zero-order valence-electron chi connectivity index (χ0n) is 10.5. The molecule has 1 heterocycles. The van der Waals surface area contributed by atoms with Gasteiger partial charge in [0.25, 0.3) is 0 Å². The first kappa shape index (κ1) is 12.9. The van der Waals surface area contributed by atoms with Crippen LogP contribution in [-0.2, 0) is 16.0 Å². The van der Waals surface area contributed by atoms with Crippen LogP contribution >= 0.6 is 0 Å². The van der Waals surface area contributed by atoms with Crippen molar-refractivity contribution in [3.8, 4) is 0 Å². The number of ether oxygens (including phenoxy) is 1. The van der Waals surface area contributed by atoms with Gasteiger partial charge in [-0.25, -0.2) is 0 Å². The van der Waals surface area contributed by atoms with Crippen molar-refractivity contribution < 1.29 is 9.53 Å². The third-order valence-corrected chi connectivity index (χ3v) is 3.22. The molecule has 1 aromatic rings. The van der Waals surface area contributed by atoms with E-state index in [0.29, 0.717) is 24.8 Å². The highest BCUT2D eigenvalue weighted by molar-refractivity contribution is 5.80. The van der Waals surface area contributed by atoms with Gasteiger partial charge in [-0.15, -0.1) is 0 Å².